The van der Waals surface area contributed by atoms with Gasteiger partial charge in [-0.15, -0.1) is 0 Å². The van der Waals surface area contributed by atoms with Crippen molar-refractivity contribution in [3.05, 3.63) is 72.9 Å². The molecule has 52 heavy (non-hydrogen) atoms. The van der Waals surface area contributed by atoms with Crippen molar-refractivity contribution < 1.29 is 15.0 Å². The second-order valence-electron chi connectivity index (χ2n) is 14.7. The summed E-state index contributed by atoms with van der Waals surface area (Å²) in [5.41, 5.74) is 0. The third-order valence-corrected chi connectivity index (χ3v) is 9.65. The first kappa shape index (κ1) is 49.8. The number of carbonyl (C=O) groups is 1. The standard InChI is InChI=1S/C48H85NO3/c1-3-5-7-9-11-13-15-17-19-21-22-23-24-25-26-28-29-31-33-35-37-39-41-43-47(51)46(45-50)49-48(52)44-42-40-38-36-34-32-30-27-20-18-16-14-12-10-8-6-4-2/h6,8,12,14,18,20,26,28,33,35,41,43,46-47,50-51H,3-5,7,9-11,13,15-17,19,21-25,27,29-32,34,36-40,42,44-45H2,1-2H3,(H,49,52)/b8-6-,14-12-,20-18-,28-26+,35-33+,43-41+. The van der Waals surface area contributed by atoms with Crippen molar-refractivity contribution in [1.82, 2.24) is 5.32 Å². The molecule has 0 spiro atoms. The number of aliphatic hydroxyl groups is 2. The lowest BCUT2D eigenvalue weighted by Crippen LogP contribution is -2.45. The molecule has 0 aromatic heterocycles. The fraction of sp³-hybridized carbons (Fsp3) is 0.729. The van der Waals surface area contributed by atoms with E-state index < -0.39 is 12.1 Å². The minimum Gasteiger partial charge on any atom is -0.394 e. The van der Waals surface area contributed by atoms with Crippen LogP contribution < -0.4 is 5.32 Å². The summed E-state index contributed by atoms with van der Waals surface area (Å²) in [6.07, 6.45) is 61.6. The summed E-state index contributed by atoms with van der Waals surface area (Å²) in [6.45, 7) is 4.17. The van der Waals surface area contributed by atoms with E-state index in [0.717, 1.165) is 70.6 Å². The highest BCUT2D eigenvalue weighted by atomic mass is 16.3. The monoisotopic (exact) mass is 724 g/mol. The quantitative estimate of drug-likeness (QED) is 0.0437. The summed E-state index contributed by atoms with van der Waals surface area (Å²) in [6, 6.07) is -0.654. The van der Waals surface area contributed by atoms with Crippen LogP contribution in [0.25, 0.3) is 0 Å². The Morgan fingerprint density at radius 3 is 1.35 bits per heavy atom. The maximum Gasteiger partial charge on any atom is 0.220 e. The third kappa shape index (κ3) is 39.0. The average Bonchev–Trinajstić information content (AvgIpc) is 3.15. The molecule has 0 aromatic rings. The molecule has 4 heteroatoms. The molecule has 0 rings (SSSR count). The van der Waals surface area contributed by atoms with E-state index in [4.69, 9.17) is 0 Å². The molecular formula is C48H85NO3. The van der Waals surface area contributed by atoms with Gasteiger partial charge in [0.2, 0.25) is 5.91 Å². The van der Waals surface area contributed by atoms with Gasteiger partial charge in [0.05, 0.1) is 18.8 Å². The lowest BCUT2D eigenvalue weighted by atomic mass is 10.0. The van der Waals surface area contributed by atoms with E-state index in [1.807, 2.05) is 6.08 Å². The smallest absolute Gasteiger partial charge is 0.220 e. The van der Waals surface area contributed by atoms with Gasteiger partial charge in [0.15, 0.2) is 0 Å². The Labute approximate surface area is 323 Å². The molecule has 0 aliphatic heterocycles. The lowest BCUT2D eigenvalue weighted by molar-refractivity contribution is -0.123. The van der Waals surface area contributed by atoms with E-state index >= 15 is 0 Å². The molecule has 0 aliphatic rings. The Kier molecular flexibility index (Phi) is 41.4. The number of allylic oxidation sites excluding steroid dienone is 11. The largest absolute Gasteiger partial charge is 0.394 e. The predicted molar refractivity (Wildman–Crippen MR) is 230 cm³/mol. The number of nitrogens with one attached hydrogen (secondary N) is 1. The Morgan fingerprint density at radius 1 is 0.481 bits per heavy atom. The maximum atomic E-state index is 12.4. The molecule has 4 nitrogen and oxygen atoms in total. The molecule has 0 saturated carbocycles. The zero-order chi connectivity index (χ0) is 37.8. The van der Waals surface area contributed by atoms with Crippen molar-refractivity contribution in [2.75, 3.05) is 6.61 Å². The Bertz CT molecular complexity index is 915. The molecule has 0 bridgehead atoms. The topological polar surface area (TPSA) is 69.6 Å². The summed E-state index contributed by atoms with van der Waals surface area (Å²) in [4.78, 5) is 12.4. The molecule has 0 radical (unpaired) electrons. The van der Waals surface area contributed by atoms with Gasteiger partial charge in [-0.3, -0.25) is 4.79 Å². The number of aliphatic hydroxyl groups excluding tert-OH is 2. The summed E-state index contributed by atoms with van der Waals surface area (Å²) in [7, 11) is 0. The van der Waals surface area contributed by atoms with Gasteiger partial charge < -0.3 is 15.5 Å². The van der Waals surface area contributed by atoms with Gasteiger partial charge in [0.25, 0.3) is 0 Å². The van der Waals surface area contributed by atoms with Crippen molar-refractivity contribution in [3.8, 4) is 0 Å². The van der Waals surface area contributed by atoms with Crippen LogP contribution in [-0.2, 0) is 4.79 Å². The van der Waals surface area contributed by atoms with Crippen LogP contribution in [0.3, 0.4) is 0 Å². The zero-order valence-electron chi connectivity index (χ0n) is 34.3. The molecule has 300 valence electrons. The zero-order valence-corrected chi connectivity index (χ0v) is 34.3. The maximum absolute atomic E-state index is 12.4. The Morgan fingerprint density at radius 2 is 0.865 bits per heavy atom. The summed E-state index contributed by atoms with van der Waals surface area (Å²) >= 11 is 0. The van der Waals surface area contributed by atoms with Crippen LogP contribution in [0.1, 0.15) is 206 Å². The van der Waals surface area contributed by atoms with Crippen LogP contribution in [0, 0.1) is 0 Å². The number of amides is 1. The number of rotatable bonds is 39. The van der Waals surface area contributed by atoms with Crippen LogP contribution in [-0.4, -0.2) is 34.9 Å². The number of unbranched alkanes of at least 4 members (excludes halogenated alkanes) is 22. The molecule has 0 heterocycles. The number of hydrogen-bond donors (Lipinski definition) is 3. The van der Waals surface area contributed by atoms with Crippen LogP contribution in [0.5, 0.6) is 0 Å². The van der Waals surface area contributed by atoms with Crippen LogP contribution in [0.2, 0.25) is 0 Å². The number of carbonyl (C=O) groups excluding carboxylic acids is 1. The van der Waals surface area contributed by atoms with Gasteiger partial charge in [-0.1, -0.05) is 196 Å². The van der Waals surface area contributed by atoms with E-state index in [9.17, 15) is 15.0 Å². The van der Waals surface area contributed by atoms with E-state index in [2.05, 4.69) is 79.9 Å². The fourth-order valence-electron chi connectivity index (χ4n) is 6.28. The normalized spacial score (nSPS) is 13.7. The van der Waals surface area contributed by atoms with Gasteiger partial charge in [-0.2, -0.15) is 0 Å². The Balaban J connectivity index is 3.67. The van der Waals surface area contributed by atoms with Crippen LogP contribution >= 0.6 is 0 Å². The van der Waals surface area contributed by atoms with Crippen molar-refractivity contribution >= 4 is 5.91 Å². The second-order valence-corrected chi connectivity index (χ2v) is 14.7. The van der Waals surface area contributed by atoms with Crippen molar-refractivity contribution in [2.45, 2.75) is 219 Å². The highest BCUT2D eigenvalue weighted by molar-refractivity contribution is 5.76. The van der Waals surface area contributed by atoms with Gasteiger partial charge >= 0.3 is 0 Å². The van der Waals surface area contributed by atoms with Gasteiger partial charge in [0, 0.05) is 6.42 Å². The van der Waals surface area contributed by atoms with Crippen LogP contribution in [0.4, 0.5) is 0 Å². The first-order valence-corrected chi connectivity index (χ1v) is 22.2. The summed E-state index contributed by atoms with van der Waals surface area (Å²) < 4.78 is 0. The van der Waals surface area contributed by atoms with Gasteiger partial charge in [0.1, 0.15) is 0 Å². The SMILES string of the molecule is CC/C=C\C/C=C\C/C=C\CCCCCCCCCC(=O)NC(CO)C(O)/C=C/CC/C=C/CC/C=C/CCCCCCCCCCCCCCC. The summed E-state index contributed by atoms with van der Waals surface area (Å²) in [5, 5.41) is 23.0. The molecule has 0 fully saturated rings. The molecule has 3 N–H and O–H groups in total. The molecule has 1 amide bonds. The van der Waals surface area contributed by atoms with Gasteiger partial charge in [-0.25, -0.2) is 0 Å². The van der Waals surface area contributed by atoms with Crippen molar-refractivity contribution in [2.24, 2.45) is 0 Å². The minimum absolute atomic E-state index is 0.0908. The molecule has 0 saturated heterocycles. The average molecular weight is 724 g/mol. The van der Waals surface area contributed by atoms with E-state index in [1.54, 1.807) is 6.08 Å². The summed E-state index contributed by atoms with van der Waals surface area (Å²) in [5.74, 6) is -0.0908. The van der Waals surface area contributed by atoms with E-state index in [0.29, 0.717) is 6.42 Å². The van der Waals surface area contributed by atoms with Crippen molar-refractivity contribution in [3.63, 3.8) is 0 Å². The second kappa shape index (κ2) is 43.2. The number of hydrogen-bond acceptors (Lipinski definition) is 3. The minimum atomic E-state index is -0.878. The van der Waals surface area contributed by atoms with Crippen molar-refractivity contribution in [1.29, 1.82) is 0 Å². The molecule has 2 unspecified atom stereocenters. The highest BCUT2D eigenvalue weighted by Gasteiger charge is 2.17. The fourth-order valence-corrected chi connectivity index (χ4v) is 6.28. The van der Waals surface area contributed by atoms with E-state index in [-0.39, 0.29) is 12.5 Å². The van der Waals surface area contributed by atoms with Crippen LogP contribution in [0.15, 0.2) is 72.9 Å². The Hall–Kier alpha value is -2.17. The third-order valence-electron chi connectivity index (χ3n) is 9.65. The molecular weight excluding hydrogens is 639 g/mol. The lowest BCUT2D eigenvalue weighted by Gasteiger charge is -2.19. The highest BCUT2D eigenvalue weighted by Crippen LogP contribution is 2.14. The molecule has 2 atom stereocenters. The molecule has 0 aliphatic carbocycles. The first-order chi connectivity index (χ1) is 25.7. The predicted octanol–water partition coefficient (Wildman–Crippen LogP) is 13.9. The van der Waals surface area contributed by atoms with Gasteiger partial charge in [-0.05, 0) is 77.0 Å². The van der Waals surface area contributed by atoms with E-state index in [1.165, 1.54) is 116 Å². The first-order valence-electron chi connectivity index (χ1n) is 22.2. The molecule has 0 aromatic carbocycles.